The lowest BCUT2D eigenvalue weighted by Gasteiger charge is -2.08. The highest BCUT2D eigenvalue weighted by atomic mass is 79.9. The van der Waals surface area contributed by atoms with E-state index in [1.54, 1.807) is 24.3 Å². The Morgan fingerprint density at radius 1 is 1.07 bits per heavy atom. The van der Waals surface area contributed by atoms with E-state index in [0.717, 1.165) is 16.6 Å². The molecule has 0 spiro atoms. The van der Waals surface area contributed by atoms with Crippen molar-refractivity contribution in [1.82, 2.24) is 4.72 Å². The summed E-state index contributed by atoms with van der Waals surface area (Å²) in [7, 11) is -4.08. The summed E-state index contributed by atoms with van der Waals surface area (Å²) in [6.07, 6.45) is -0.306. The quantitative estimate of drug-likeness (QED) is 0.591. The number of hydrogen-bond donors (Lipinski definition) is 2. The number of carbonyl (C=O) groups excluding carboxylic acids is 2. The van der Waals surface area contributed by atoms with Crippen LogP contribution in [0.1, 0.15) is 6.42 Å². The first-order chi connectivity index (χ1) is 12.8. The van der Waals surface area contributed by atoms with E-state index in [-0.39, 0.29) is 13.0 Å². The van der Waals surface area contributed by atoms with Gasteiger partial charge >= 0.3 is 5.97 Å². The van der Waals surface area contributed by atoms with E-state index in [2.05, 4.69) is 26.0 Å². The number of carbonyl (C=O) groups is 2. The second kappa shape index (κ2) is 9.58. The molecule has 1 amide bonds. The molecule has 0 heterocycles. The van der Waals surface area contributed by atoms with Crippen LogP contribution in [0.2, 0.25) is 0 Å². The highest BCUT2D eigenvalue weighted by molar-refractivity contribution is 9.10. The van der Waals surface area contributed by atoms with Gasteiger partial charge in [-0.2, -0.15) is 0 Å². The van der Waals surface area contributed by atoms with Crippen LogP contribution >= 0.6 is 15.9 Å². The predicted molar refractivity (Wildman–Crippen MR) is 99.9 cm³/mol. The number of nitrogens with one attached hydrogen (secondary N) is 2. The zero-order valence-corrected chi connectivity index (χ0v) is 16.3. The van der Waals surface area contributed by atoms with Gasteiger partial charge in [0.15, 0.2) is 6.61 Å². The van der Waals surface area contributed by atoms with Gasteiger partial charge in [0.1, 0.15) is 10.7 Å². The molecule has 0 aromatic heterocycles. The Bertz CT molecular complexity index is 919. The highest BCUT2D eigenvalue weighted by Gasteiger charge is 2.18. The van der Waals surface area contributed by atoms with Gasteiger partial charge in [-0.3, -0.25) is 9.59 Å². The molecular weight excluding hydrogens is 443 g/mol. The van der Waals surface area contributed by atoms with E-state index < -0.39 is 39.2 Å². The predicted octanol–water partition coefficient (Wildman–Crippen LogP) is 2.44. The number of hydrogen-bond acceptors (Lipinski definition) is 5. The summed E-state index contributed by atoms with van der Waals surface area (Å²) in [6, 6.07) is 11.7. The van der Waals surface area contributed by atoms with Crippen LogP contribution in [-0.4, -0.2) is 33.4 Å². The number of sulfonamides is 1. The maximum atomic E-state index is 13.5. The van der Waals surface area contributed by atoms with Gasteiger partial charge in [-0.1, -0.05) is 28.1 Å². The molecule has 27 heavy (non-hydrogen) atoms. The molecule has 0 atom stereocenters. The zero-order chi connectivity index (χ0) is 19.9. The van der Waals surface area contributed by atoms with Crippen LogP contribution in [0.25, 0.3) is 0 Å². The fourth-order valence-electron chi connectivity index (χ4n) is 1.98. The van der Waals surface area contributed by atoms with Gasteiger partial charge in [-0.05, 0) is 36.4 Å². The van der Waals surface area contributed by atoms with Crippen molar-refractivity contribution in [1.29, 1.82) is 0 Å². The van der Waals surface area contributed by atoms with Crippen molar-refractivity contribution in [3.63, 3.8) is 0 Å². The Kier molecular flexibility index (Phi) is 7.45. The van der Waals surface area contributed by atoms with Crippen molar-refractivity contribution >= 4 is 43.5 Å². The molecule has 2 rings (SSSR count). The van der Waals surface area contributed by atoms with E-state index in [0.29, 0.717) is 5.69 Å². The van der Waals surface area contributed by atoms with Crippen molar-refractivity contribution in [3.05, 3.63) is 58.8 Å². The molecule has 0 unspecified atom stereocenters. The smallest absolute Gasteiger partial charge is 0.307 e. The molecule has 0 radical (unpaired) electrons. The summed E-state index contributed by atoms with van der Waals surface area (Å²) in [6.45, 7) is -0.793. The third-order valence-corrected chi connectivity index (χ3v) is 5.26. The summed E-state index contributed by atoms with van der Waals surface area (Å²) in [5.41, 5.74) is 0.539. The minimum atomic E-state index is -4.08. The normalized spacial score (nSPS) is 11.0. The van der Waals surface area contributed by atoms with Crippen LogP contribution in [0.3, 0.4) is 0 Å². The fraction of sp³-hybridized carbons (Fsp3) is 0.176. The third kappa shape index (κ3) is 6.74. The van der Waals surface area contributed by atoms with E-state index in [1.807, 2.05) is 0 Å². The summed E-state index contributed by atoms with van der Waals surface area (Å²) in [5.74, 6) is -2.19. The summed E-state index contributed by atoms with van der Waals surface area (Å²) >= 11 is 3.27. The standard InChI is InChI=1S/C17H16BrFN2O5S/c18-12-5-7-13(8-6-12)21-16(22)11-26-17(23)9-10-20-27(24,25)15-4-2-1-3-14(15)19/h1-8,20H,9-11H2,(H,21,22). The van der Waals surface area contributed by atoms with Crippen LogP contribution < -0.4 is 10.0 Å². The summed E-state index contributed by atoms with van der Waals surface area (Å²) < 4.78 is 45.2. The SMILES string of the molecule is O=C(COC(=O)CCNS(=O)(=O)c1ccccc1F)Nc1ccc(Br)cc1. The minimum absolute atomic E-state index is 0.288. The maximum absolute atomic E-state index is 13.5. The Balaban J connectivity index is 1.74. The molecule has 2 aromatic rings. The Morgan fingerprint density at radius 2 is 1.74 bits per heavy atom. The van der Waals surface area contributed by atoms with Gasteiger partial charge in [0, 0.05) is 16.7 Å². The monoisotopic (exact) mass is 458 g/mol. The van der Waals surface area contributed by atoms with Gasteiger partial charge in [0.25, 0.3) is 5.91 Å². The van der Waals surface area contributed by atoms with Gasteiger partial charge in [0.05, 0.1) is 6.42 Å². The number of ether oxygens (including phenoxy) is 1. The van der Waals surface area contributed by atoms with Gasteiger partial charge in [-0.25, -0.2) is 17.5 Å². The van der Waals surface area contributed by atoms with Crippen molar-refractivity contribution in [2.24, 2.45) is 0 Å². The largest absolute Gasteiger partial charge is 0.456 e. The molecule has 2 aromatic carbocycles. The molecule has 0 aliphatic carbocycles. The second-order valence-electron chi connectivity index (χ2n) is 5.29. The molecular formula is C17H16BrFN2O5S. The molecule has 144 valence electrons. The molecule has 0 aliphatic rings. The number of rotatable bonds is 8. The first-order valence-corrected chi connectivity index (χ1v) is 10.0. The third-order valence-electron chi connectivity index (χ3n) is 3.24. The molecule has 0 saturated carbocycles. The molecule has 10 heteroatoms. The molecule has 0 fully saturated rings. The fourth-order valence-corrected chi connectivity index (χ4v) is 3.35. The lowest BCUT2D eigenvalue weighted by Crippen LogP contribution is -2.28. The summed E-state index contributed by atoms with van der Waals surface area (Å²) in [4.78, 5) is 22.8. The van der Waals surface area contributed by atoms with Crippen LogP contribution in [0.5, 0.6) is 0 Å². The number of halogens is 2. The Hall–Kier alpha value is -2.30. The first-order valence-electron chi connectivity index (χ1n) is 7.73. The Labute approximate surface area is 164 Å². The molecule has 7 nitrogen and oxygen atoms in total. The van der Waals surface area contributed by atoms with Gasteiger partial charge < -0.3 is 10.1 Å². The number of benzene rings is 2. The van der Waals surface area contributed by atoms with E-state index >= 15 is 0 Å². The van der Waals surface area contributed by atoms with Gasteiger partial charge in [-0.15, -0.1) is 0 Å². The maximum Gasteiger partial charge on any atom is 0.307 e. The molecule has 0 bridgehead atoms. The van der Waals surface area contributed by atoms with Crippen molar-refractivity contribution in [2.45, 2.75) is 11.3 Å². The molecule has 0 aliphatic heterocycles. The van der Waals surface area contributed by atoms with Crippen molar-refractivity contribution in [3.8, 4) is 0 Å². The topological polar surface area (TPSA) is 102 Å². The molecule has 0 saturated heterocycles. The highest BCUT2D eigenvalue weighted by Crippen LogP contribution is 2.14. The van der Waals surface area contributed by atoms with Crippen molar-refractivity contribution < 1.29 is 27.1 Å². The van der Waals surface area contributed by atoms with Gasteiger partial charge in [0.2, 0.25) is 10.0 Å². The number of anilines is 1. The average molecular weight is 459 g/mol. The average Bonchev–Trinajstić information content (AvgIpc) is 2.62. The summed E-state index contributed by atoms with van der Waals surface area (Å²) in [5, 5.41) is 2.54. The number of amides is 1. The Morgan fingerprint density at radius 3 is 2.41 bits per heavy atom. The van der Waals surface area contributed by atoms with Crippen LogP contribution in [-0.2, 0) is 24.3 Å². The second-order valence-corrected chi connectivity index (χ2v) is 7.94. The number of esters is 1. The lowest BCUT2D eigenvalue weighted by atomic mass is 10.3. The van der Waals surface area contributed by atoms with Crippen LogP contribution in [0, 0.1) is 5.82 Å². The van der Waals surface area contributed by atoms with Crippen molar-refractivity contribution in [2.75, 3.05) is 18.5 Å². The van der Waals surface area contributed by atoms with Crippen LogP contribution in [0.4, 0.5) is 10.1 Å². The van der Waals surface area contributed by atoms with E-state index in [9.17, 15) is 22.4 Å². The first kappa shape index (κ1) is 21.0. The van der Waals surface area contributed by atoms with Crippen LogP contribution in [0.15, 0.2) is 57.9 Å². The van der Waals surface area contributed by atoms with E-state index in [4.69, 9.17) is 4.74 Å². The minimum Gasteiger partial charge on any atom is -0.456 e. The van der Waals surface area contributed by atoms with E-state index in [1.165, 1.54) is 12.1 Å². The lowest BCUT2D eigenvalue weighted by molar-refractivity contribution is -0.147. The molecule has 2 N–H and O–H groups in total. The zero-order valence-electron chi connectivity index (χ0n) is 13.9.